The summed E-state index contributed by atoms with van der Waals surface area (Å²) in [4.78, 5) is 0. The number of aromatic hydroxyl groups is 1. The van der Waals surface area contributed by atoms with Crippen LogP contribution in [0.4, 0.5) is 4.39 Å². The van der Waals surface area contributed by atoms with E-state index in [1.165, 1.54) is 6.20 Å². The first-order valence-electron chi connectivity index (χ1n) is 4.87. The van der Waals surface area contributed by atoms with Crippen LogP contribution in [0.1, 0.15) is 11.9 Å². The quantitative estimate of drug-likeness (QED) is 0.861. The van der Waals surface area contributed by atoms with Crippen LogP contribution in [0.2, 0.25) is 0 Å². The fourth-order valence-corrected chi connectivity index (χ4v) is 1.49. The Morgan fingerprint density at radius 3 is 2.53 bits per heavy atom. The summed E-state index contributed by atoms with van der Waals surface area (Å²) in [5, 5.41) is 22.1. The summed E-state index contributed by atoms with van der Waals surface area (Å²) in [6, 6.07) is 8.54. The van der Waals surface area contributed by atoms with Gasteiger partial charge in [-0.2, -0.15) is 15.0 Å². The van der Waals surface area contributed by atoms with E-state index in [0.717, 1.165) is 4.68 Å². The summed E-state index contributed by atoms with van der Waals surface area (Å²) in [5.41, 5.74) is 1.58. The van der Waals surface area contributed by atoms with Crippen LogP contribution in [0.5, 0.6) is 5.88 Å². The van der Waals surface area contributed by atoms with Crippen molar-refractivity contribution in [2.45, 2.75) is 6.30 Å². The van der Waals surface area contributed by atoms with Crippen LogP contribution in [0.3, 0.4) is 0 Å². The molecule has 1 N–H and O–H groups in total. The zero-order chi connectivity index (χ0) is 12.4. The lowest BCUT2D eigenvalue weighted by Crippen LogP contribution is -2.00. The minimum Gasteiger partial charge on any atom is -0.493 e. The predicted octanol–water partition coefficient (Wildman–Crippen LogP) is 2.43. The number of nitriles is 1. The molecule has 0 saturated heterocycles. The molecule has 5 heteroatoms. The second-order valence-electron chi connectivity index (χ2n) is 3.45. The Morgan fingerprint density at radius 2 is 2.06 bits per heavy atom. The van der Waals surface area contributed by atoms with Gasteiger partial charge in [0, 0.05) is 6.92 Å². The van der Waals surface area contributed by atoms with Crippen LogP contribution in [-0.4, -0.2) is 14.9 Å². The first kappa shape index (κ1) is 11.1. The molecule has 1 aromatic heterocycles. The van der Waals surface area contributed by atoms with Crippen molar-refractivity contribution in [1.29, 1.82) is 5.26 Å². The van der Waals surface area contributed by atoms with Crippen LogP contribution in [-0.2, 0) is 0 Å². The number of hydrogen-bond donors (Lipinski definition) is 1. The maximum atomic E-state index is 12.9. The summed E-state index contributed by atoms with van der Waals surface area (Å²) in [6.07, 6.45) is -0.281. The van der Waals surface area contributed by atoms with Crippen molar-refractivity contribution in [3.8, 4) is 23.1 Å². The molecule has 0 fully saturated rings. The molecule has 1 unspecified atom stereocenters. The van der Waals surface area contributed by atoms with Crippen molar-refractivity contribution in [2.75, 3.05) is 0 Å². The summed E-state index contributed by atoms with van der Waals surface area (Å²) in [7, 11) is 0. The molecule has 1 heterocycles. The Labute approximate surface area is 97.5 Å². The molecule has 0 bridgehead atoms. The van der Waals surface area contributed by atoms with Gasteiger partial charge in [-0.25, -0.2) is 4.39 Å². The van der Waals surface area contributed by atoms with Crippen molar-refractivity contribution < 1.29 is 9.50 Å². The third-order valence-electron chi connectivity index (χ3n) is 2.36. The van der Waals surface area contributed by atoms with Gasteiger partial charge in [0.1, 0.15) is 0 Å². The van der Waals surface area contributed by atoms with E-state index in [1.54, 1.807) is 24.3 Å². The molecule has 2 rings (SSSR count). The number of hydrogen-bond acceptors (Lipinski definition) is 3. The molecule has 1 radical (unpaired) electrons. The normalized spacial score (nSPS) is 12.1. The number of benzene rings is 1. The van der Waals surface area contributed by atoms with Gasteiger partial charge in [-0.15, -0.1) is 0 Å². The van der Waals surface area contributed by atoms with Crippen molar-refractivity contribution in [1.82, 2.24) is 9.78 Å². The highest BCUT2D eigenvalue weighted by atomic mass is 19.1. The predicted molar refractivity (Wildman–Crippen MR) is 59.5 cm³/mol. The smallest absolute Gasteiger partial charge is 0.220 e. The molecule has 85 valence electrons. The van der Waals surface area contributed by atoms with Gasteiger partial charge >= 0.3 is 0 Å². The maximum Gasteiger partial charge on any atom is 0.220 e. The van der Waals surface area contributed by atoms with Crippen LogP contribution in [0.15, 0.2) is 30.5 Å². The molecule has 0 aliphatic carbocycles. The Morgan fingerprint density at radius 1 is 1.41 bits per heavy atom. The molecule has 1 aromatic carbocycles. The first-order chi connectivity index (χ1) is 8.13. The van der Waals surface area contributed by atoms with E-state index in [0.29, 0.717) is 16.7 Å². The molecule has 0 amide bonds. The Hall–Kier alpha value is -2.35. The zero-order valence-corrected chi connectivity index (χ0v) is 8.84. The van der Waals surface area contributed by atoms with Crippen LogP contribution < -0.4 is 0 Å². The van der Waals surface area contributed by atoms with Crippen molar-refractivity contribution in [2.24, 2.45) is 0 Å². The van der Waals surface area contributed by atoms with Gasteiger partial charge in [-0.1, -0.05) is 12.1 Å². The van der Waals surface area contributed by atoms with Gasteiger partial charge in [0.2, 0.25) is 5.88 Å². The second kappa shape index (κ2) is 4.26. The molecule has 0 spiro atoms. The minimum absolute atomic E-state index is 0.280. The lowest BCUT2D eigenvalue weighted by Gasteiger charge is -2.04. The fraction of sp³-hybridized carbons (Fsp3) is 0.0833. The largest absolute Gasteiger partial charge is 0.493 e. The lowest BCUT2D eigenvalue weighted by atomic mass is 10.1. The van der Waals surface area contributed by atoms with E-state index in [9.17, 15) is 9.50 Å². The summed E-state index contributed by atoms with van der Waals surface area (Å²) >= 11 is 0. The number of nitrogens with zero attached hydrogens (tertiary/aromatic N) is 3. The van der Waals surface area contributed by atoms with Gasteiger partial charge in [-0.3, -0.25) is 0 Å². The third kappa shape index (κ3) is 1.97. The standard InChI is InChI=1S/C12H9FN3O/c1-8(13)16-12(17)11(7-15-16)10-4-2-9(6-14)3-5-10/h2-5,7-8,17H,1H2. The lowest BCUT2D eigenvalue weighted by molar-refractivity contribution is 0.248. The van der Waals surface area contributed by atoms with Gasteiger partial charge in [0.05, 0.1) is 23.4 Å². The number of halogens is 1. The minimum atomic E-state index is -1.64. The molecular formula is C12H9FN3O. The first-order valence-corrected chi connectivity index (χ1v) is 4.87. The average molecular weight is 230 g/mol. The zero-order valence-electron chi connectivity index (χ0n) is 8.84. The van der Waals surface area contributed by atoms with E-state index in [4.69, 9.17) is 5.26 Å². The molecule has 0 saturated carbocycles. The fourth-order valence-electron chi connectivity index (χ4n) is 1.49. The molecular weight excluding hydrogens is 221 g/mol. The van der Waals surface area contributed by atoms with Crippen LogP contribution >= 0.6 is 0 Å². The van der Waals surface area contributed by atoms with E-state index < -0.39 is 6.30 Å². The van der Waals surface area contributed by atoms with Crippen molar-refractivity contribution in [3.63, 3.8) is 0 Å². The summed E-state index contributed by atoms with van der Waals surface area (Å²) in [5.74, 6) is -0.280. The third-order valence-corrected chi connectivity index (χ3v) is 2.36. The topological polar surface area (TPSA) is 61.8 Å². The summed E-state index contributed by atoms with van der Waals surface area (Å²) in [6.45, 7) is 3.13. The Kier molecular flexibility index (Phi) is 2.79. The highest BCUT2D eigenvalue weighted by molar-refractivity contribution is 5.68. The monoisotopic (exact) mass is 230 g/mol. The SMILES string of the molecule is [CH2]C(F)n1ncc(-c2ccc(C#N)cc2)c1O. The molecule has 4 nitrogen and oxygen atoms in total. The van der Waals surface area contributed by atoms with Crippen molar-refractivity contribution in [3.05, 3.63) is 42.9 Å². The average Bonchev–Trinajstić information content (AvgIpc) is 2.71. The maximum absolute atomic E-state index is 12.9. The number of aromatic nitrogens is 2. The van der Waals surface area contributed by atoms with Crippen molar-refractivity contribution >= 4 is 0 Å². The van der Waals surface area contributed by atoms with Gasteiger partial charge < -0.3 is 5.11 Å². The highest BCUT2D eigenvalue weighted by Crippen LogP contribution is 2.30. The summed E-state index contributed by atoms with van der Waals surface area (Å²) < 4.78 is 13.7. The number of rotatable bonds is 2. The molecule has 1 atom stereocenters. The van der Waals surface area contributed by atoms with Gasteiger partial charge in [0.15, 0.2) is 6.30 Å². The Balaban J connectivity index is 2.43. The molecule has 17 heavy (non-hydrogen) atoms. The van der Waals surface area contributed by atoms with Crippen LogP contribution in [0.25, 0.3) is 11.1 Å². The van der Waals surface area contributed by atoms with E-state index in [-0.39, 0.29) is 5.88 Å². The Bertz CT molecular complexity index is 566. The van der Waals surface area contributed by atoms with Gasteiger partial charge in [-0.05, 0) is 17.7 Å². The molecule has 0 aliphatic heterocycles. The van der Waals surface area contributed by atoms with E-state index >= 15 is 0 Å². The molecule has 0 aliphatic rings. The second-order valence-corrected chi connectivity index (χ2v) is 3.45. The van der Waals surface area contributed by atoms with Crippen LogP contribution in [0, 0.1) is 18.3 Å². The van der Waals surface area contributed by atoms with E-state index in [1.807, 2.05) is 6.07 Å². The van der Waals surface area contributed by atoms with E-state index in [2.05, 4.69) is 12.0 Å². The van der Waals surface area contributed by atoms with Gasteiger partial charge in [0.25, 0.3) is 0 Å². The molecule has 2 aromatic rings. The highest BCUT2D eigenvalue weighted by Gasteiger charge is 2.14. The number of alkyl halides is 1.